The van der Waals surface area contributed by atoms with Gasteiger partial charge in [-0.3, -0.25) is 4.79 Å². The molecular formula is C10H10Cl2FNO3S. The molecule has 0 saturated heterocycles. The van der Waals surface area contributed by atoms with Gasteiger partial charge in [0.1, 0.15) is 10.7 Å². The van der Waals surface area contributed by atoms with Gasteiger partial charge in [-0.2, -0.15) is 0 Å². The Bertz CT molecular complexity index is 589. The first-order valence-corrected chi connectivity index (χ1v) is 7.07. The van der Waals surface area contributed by atoms with E-state index in [1.54, 1.807) is 0 Å². The SMILES string of the molecule is CC(=O)C(C)NS(=O)(=O)c1ccc(Cl)c(F)c1Cl. The molecule has 18 heavy (non-hydrogen) atoms. The second-order valence-corrected chi connectivity index (χ2v) is 6.09. The van der Waals surface area contributed by atoms with Crippen molar-refractivity contribution in [3.63, 3.8) is 0 Å². The average Bonchev–Trinajstić information content (AvgIpc) is 2.24. The van der Waals surface area contributed by atoms with Crippen LogP contribution in [-0.4, -0.2) is 20.2 Å². The second kappa shape index (κ2) is 5.52. The van der Waals surface area contributed by atoms with Crippen molar-refractivity contribution in [2.24, 2.45) is 0 Å². The van der Waals surface area contributed by atoms with Crippen LogP contribution in [0.1, 0.15) is 13.8 Å². The highest BCUT2D eigenvalue weighted by atomic mass is 35.5. The van der Waals surface area contributed by atoms with Gasteiger partial charge >= 0.3 is 0 Å². The Hall–Kier alpha value is -0.690. The Labute approximate surface area is 114 Å². The molecule has 0 fully saturated rings. The van der Waals surface area contributed by atoms with E-state index in [1.807, 2.05) is 0 Å². The van der Waals surface area contributed by atoms with Crippen molar-refractivity contribution in [2.45, 2.75) is 24.8 Å². The fourth-order valence-corrected chi connectivity index (χ4v) is 3.10. The second-order valence-electron chi connectivity index (χ2n) is 3.63. The van der Waals surface area contributed by atoms with E-state index in [2.05, 4.69) is 4.72 Å². The van der Waals surface area contributed by atoms with Crippen molar-refractivity contribution in [2.75, 3.05) is 0 Å². The number of halogens is 3. The number of nitrogens with one attached hydrogen (secondary N) is 1. The zero-order chi connectivity index (χ0) is 14.1. The summed E-state index contributed by atoms with van der Waals surface area (Å²) >= 11 is 11.0. The summed E-state index contributed by atoms with van der Waals surface area (Å²) in [6.07, 6.45) is 0. The molecule has 0 heterocycles. The Kier molecular flexibility index (Phi) is 4.72. The van der Waals surface area contributed by atoms with Crippen LogP contribution in [0.25, 0.3) is 0 Å². The summed E-state index contributed by atoms with van der Waals surface area (Å²) in [5, 5.41) is -0.885. The highest BCUT2D eigenvalue weighted by Crippen LogP contribution is 2.29. The fourth-order valence-electron chi connectivity index (χ4n) is 1.09. The Balaban J connectivity index is 3.22. The van der Waals surface area contributed by atoms with Crippen molar-refractivity contribution in [3.05, 3.63) is 28.0 Å². The molecule has 100 valence electrons. The van der Waals surface area contributed by atoms with Crippen molar-refractivity contribution >= 4 is 39.0 Å². The van der Waals surface area contributed by atoms with Crippen molar-refractivity contribution in [1.29, 1.82) is 0 Å². The quantitative estimate of drug-likeness (QED) is 0.868. The third kappa shape index (κ3) is 3.20. The zero-order valence-electron chi connectivity index (χ0n) is 9.50. The van der Waals surface area contributed by atoms with Gasteiger partial charge in [0.2, 0.25) is 10.0 Å². The van der Waals surface area contributed by atoms with Crippen molar-refractivity contribution in [1.82, 2.24) is 4.72 Å². The highest BCUT2D eigenvalue weighted by Gasteiger charge is 2.24. The number of rotatable bonds is 4. The maximum atomic E-state index is 13.4. The van der Waals surface area contributed by atoms with Gasteiger partial charge in [-0.15, -0.1) is 0 Å². The molecule has 0 aliphatic carbocycles. The summed E-state index contributed by atoms with van der Waals surface area (Å²) in [5.41, 5.74) is 0. The standard InChI is InChI=1S/C10H10Cl2FNO3S/c1-5(6(2)15)14-18(16,17)8-4-3-7(11)10(13)9(8)12/h3-5,14H,1-2H3. The van der Waals surface area contributed by atoms with Crippen LogP contribution in [-0.2, 0) is 14.8 Å². The predicted octanol–water partition coefficient (Wildman–Crippen LogP) is 2.39. The Morgan fingerprint density at radius 2 is 1.94 bits per heavy atom. The number of Topliss-reactive ketones (excluding diaryl/α,β-unsaturated/α-hetero) is 1. The number of sulfonamides is 1. The molecule has 8 heteroatoms. The lowest BCUT2D eigenvalue weighted by Crippen LogP contribution is -2.37. The van der Waals surface area contributed by atoms with Gasteiger partial charge in [-0.25, -0.2) is 17.5 Å². The van der Waals surface area contributed by atoms with Crippen LogP contribution >= 0.6 is 23.2 Å². The maximum absolute atomic E-state index is 13.4. The highest BCUT2D eigenvalue weighted by molar-refractivity contribution is 7.89. The number of carbonyl (C=O) groups is 1. The lowest BCUT2D eigenvalue weighted by Gasteiger charge is -2.12. The molecule has 0 spiro atoms. The first kappa shape index (κ1) is 15.4. The molecule has 1 rings (SSSR count). The molecule has 0 aromatic heterocycles. The van der Waals surface area contributed by atoms with Crippen LogP contribution in [0.4, 0.5) is 4.39 Å². The molecule has 0 bridgehead atoms. The summed E-state index contributed by atoms with van der Waals surface area (Å²) < 4.78 is 39.2. The Morgan fingerprint density at radius 1 is 1.39 bits per heavy atom. The number of carbonyl (C=O) groups excluding carboxylic acids is 1. The minimum absolute atomic E-state index is 0.279. The molecule has 0 saturated carbocycles. The van der Waals surface area contributed by atoms with Gasteiger partial charge in [0.15, 0.2) is 5.82 Å². The van der Waals surface area contributed by atoms with E-state index in [4.69, 9.17) is 23.2 Å². The van der Waals surface area contributed by atoms with Crippen LogP contribution < -0.4 is 4.72 Å². The van der Waals surface area contributed by atoms with E-state index in [1.165, 1.54) is 13.8 Å². The minimum atomic E-state index is -4.08. The average molecular weight is 314 g/mol. The monoisotopic (exact) mass is 313 g/mol. The van der Waals surface area contributed by atoms with Gasteiger partial charge < -0.3 is 0 Å². The van der Waals surface area contributed by atoms with Gasteiger partial charge in [-0.05, 0) is 26.0 Å². The summed E-state index contributed by atoms with van der Waals surface area (Å²) in [6.45, 7) is 2.61. The molecule has 1 aromatic rings. The Morgan fingerprint density at radius 3 is 2.44 bits per heavy atom. The van der Waals surface area contributed by atoms with Crippen LogP contribution in [0.3, 0.4) is 0 Å². The van der Waals surface area contributed by atoms with Gasteiger partial charge in [0, 0.05) is 0 Å². The molecule has 1 unspecified atom stereocenters. The smallest absolute Gasteiger partial charge is 0.242 e. The number of hydrogen-bond acceptors (Lipinski definition) is 3. The lowest BCUT2D eigenvalue weighted by molar-refractivity contribution is -0.118. The third-order valence-electron chi connectivity index (χ3n) is 2.23. The third-order valence-corrected chi connectivity index (χ3v) is 4.59. The van der Waals surface area contributed by atoms with Gasteiger partial charge in [0.25, 0.3) is 0 Å². The van der Waals surface area contributed by atoms with Crippen LogP contribution in [0.5, 0.6) is 0 Å². The molecule has 0 aliphatic rings. The molecule has 4 nitrogen and oxygen atoms in total. The first-order valence-electron chi connectivity index (χ1n) is 4.83. The molecular weight excluding hydrogens is 304 g/mol. The van der Waals surface area contributed by atoms with Gasteiger partial charge in [-0.1, -0.05) is 23.2 Å². The summed E-state index contributed by atoms with van der Waals surface area (Å²) in [7, 11) is -4.08. The van der Waals surface area contributed by atoms with Crippen LogP contribution in [0.15, 0.2) is 17.0 Å². The molecule has 0 radical (unpaired) electrons. The molecule has 1 N–H and O–H groups in total. The summed E-state index contributed by atoms with van der Waals surface area (Å²) in [4.78, 5) is 10.5. The molecule has 1 aromatic carbocycles. The van der Waals surface area contributed by atoms with E-state index in [0.717, 1.165) is 12.1 Å². The fraction of sp³-hybridized carbons (Fsp3) is 0.300. The van der Waals surface area contributed by atoms with Crippen molar-refractivity contribution < 1.29 is 17.6 Å². The topological polar surface area (TPSA) is 63.2 Å². The van der Waals surface area contributed by atoms with E-state index in [9.17, 15) is 17.6 Å². The normalized spacial score (nSPS) is 13.4. The van der Waals surface area contributed by atoms with E-state index < -0.39 is 31.8 Å². The molecule has 0 aliphatic heterocycles. The largest absolute Gasteiger partial charge is 0.298 e. The van der Waals surface area contributed by atoms with E-state index in [0.29, 0.717) is 0 Å². The zero-order valence-corrected chi connectivity index (χ0v) is 11.8. The minimum Gasteiger partial charge on any atom is -0.298 e. The van der Waals surface area contributed by atoms with E-state index >= 15 is 0 Å². The first-order chi connectivity index (χ1) is 8.16. The van der Waals surface area contributed by atoms with E-state index in [-0.39, 0.29) is 10.8 Å². The van der Waals surface area contributed by atoms with Crippen LogP contribution in [0.2, 0.25) is 10.0 Å². The summed E-state index contributed by atoms with van der Waals surface area (Å²) in [6, 6.07) is 1.23. The number of hydrogen-bond donors (Lipinski definition) is 1. The predicted molar refractivity (Wildman–Crippen MR) is 66.9 cm³/mol. The number of benzene rings is 1. The van der Waals surface area contributed by atoms with Gasteiger partial charge in [0.05, 0.1) is 16.1 Å². The maximum Gasteiger partial charge on any atom is 0.242 e. The molecule has 0 amide bonds. The van der Waals surface area contributed by atoms with Crippen LogP contribution in [0, 0.1) is 5.82 Å². The molecule has 1 atom stereocenters. The lowest BCUT2D eigenvalue weighted by atomic mass is 10.3. The van der Waals surface area contributed by atoms with Crippen molar-refractivity contribution in [3.8, 4) is 0 Å². The number of ketones is 1. The summed E-state index contributed by atoms with van der Waals surface area (Å²) in [5.74, 6) is -1.39.